The van der Waals surface area contributed by atoms with Gasteiger partial charge in [0.1, 0.15) is 0 Å². The Labute approximate surface area is 128 Å². The highest BCUT2D eigenvalue weighted by molar-refractivity contribution is 5.95. The van der Waals surface area contributed by atoms with Gasteiger partial charge < -0.3 is 10.6 Å². The number of carbonyl (C=O) groups is 1. The predicted molar refractivity (Wildman–Crippen MR) is 80.8 cm³/mol. The molecule has 1 aromatic heterocycles. The normalized spacial score (nSPS) is 17.3. The van der Waals surface area contributed by atoms with E-state index in [-0.39, 0.29) is 24.4 Å². The fourth-order valence-electron chi connectivity index (χ4n) is 2.32. The smallest absolute Gasteiger partial charge is 0.241 e. The Balaban J connectivity index is 0.00000161. The molecular formula is C13H17ClN6O. The molecule has 2 N–H and O–H groups in total. The van der Waals surface area contributed by atoms with E-state index in [1.54, 1.807) is 4.68 Å². The highest BCUT2D eigenvalue weighted by Crippen LogP contribution is 2.16. The van der Waals surface area contributed by atoms with Crippen molar-refractivity contribution in [1.82, 2.24) is 25.5 Å². The summed E-state index contributed by atoms with van der Waals surface area (Å²) in [6.45, 7) is 2.73. The minimum Gasteiger partial charge on any atom is -0.325 e. The quantitative estimate of drug-likeness (QED) is 0.886. The van der Waals surface area contributed by atoms with Gasteiger partial charge >= 0.3 is 0 Å². The van der Waals surface area contributed by atoms with Gasteiger partial charge in [0.05, 0.1) is 11.7 Å². The molecule has 0 unspecified atom stereocenters. The van der Waals surface area contributed by atoms with Crippen molar-refractivity contribution in [1.29, 1.82) is 0 Å². The van der Waals surface area contributed by atoms with Crippen molar-refractivity contribution in [2.75, 3.05) is 11.9 Å². The van der Waals surface area contributed by atoms with Gasteiger partial charge in [-0.05, 0) is 54.9 Å². The van der Waals surface area contributed by atoms with E-state index in [2.05, 4.69) is 26.2 Å². The van der Waals surface area contributed by atoms with Gasteiger partial charge in [0.2, 0.25) is 5.91 Å². The molecule has 1 fully saturated rings. The monoisotopic (exact) mass is 308 g/mol. The van der Waals surface area contributed by atoms with E-state index in [0.29, 0.717) is 5.82 Å². The van der Waals surface area contributed by atoms with Crippen molar-refractivity contribution < 1.29 is 4.79 Å². The third-order valence-electron chi connectivity index (χ3n) is 3.36. The van der Waals surface area contributed by atoms with Crippen molar-refractivity contribution >= 4 is 24.0 Å². The summed E-state index contributed by atoms with van der Waals surface area (Å²) in [4.78, 5) is 12.1. The van der Waals surface area contributed by atoms with Crippen LogP contribution in [0.25, 0.3) is 5.69 Å². The van der Waals surface area contributed by atoms with Crippen LogP contribution in [-0.4, -0.2) is 38.7 Å². The average Bonchev–Trinajstić information content (AvgIpc) is 3.10. The highest BCUT2D eigenvalue weighted by Gasteiger charge is 2.21. The van der Waals surface area contributed by atoms with Crippen LogP contribution < -0.4 is 10.6 Å². The zero-order valence-electron chi connectivity index (χ0n) is 11.6. The van der Waals surface area contributed by atoms with Gasteiger partial charge in [-0.1, -0.05) is 6.07 Å². The Morgan fingerprint density at radius 3 is 3.00 bits per heavy atom. The second-order valence-electron chi connectivity index (χ2n) is 4.83. The molecule has 0 radical (unpaired) electrons. The van der Waals surface area contributed by atoms with Gasteiger partial charge in [0.15, 0.2) is 5.82 Å². The summed E-state index contributed by atoms with van der Waals surface area (Å²) in [5.74, 6) is 0.707. The largest absolute Gasteiger partial charge is 0.325 e. The number of carbonyl (C=O) groups excluding carboxylic acids is 1. The number of aromatic nitrogens is 4. The first kappa shape index (κ1) is 15.4. The van der Waals surface area contributed by atoms with E-state index in [0.717, 1.165) is 30.8 Å². The SMILES string of the molecule is Cc1nnnn1-c1cccc(NC(=O)[C@@H]2CCCN2)c1.Cl. The van der Waals surface area contributed by atoms with Gasteiger partial charge in [0, 0.05) is 5.69 Å². The summed E-state index contributed by atoms with van der Waals surface area (Å²) in [5.41, 5.74) is 1.57. The number of nitrogens with zero attached hydrogens (tertiary/aromatic N) is 4. The Morgan fingerprint density at radius 1 is 1.48 bits per heavy atom. The number of aryl methyl sites for hydroxylation is 1. The molecule has 1 aliphatic rings. The van der Waals surface area contributed by atoms with E-state index in [1.807, 2.05) is 31.2 Å². The molecule has 112 valence electrons. The van der Waals surface area contributed by atoms with Crippen molar-refractivity contribution in [2.24, 2.45) is 0 Å². The Bertz CT molecular complexity index is 623. The lowest BCUT2D eigenvalue weighted by molar-refractivity contribution is -0.117. The zero-order chi connectivity index (χ0) is 13.9. The summed E-state index contributed by atoms with van der Waals surface area (Å²) in [5, 5.41) is 17.5. The number of rotatable bonds is 3. The lowest BCUT2D eigenvalue weighted by Crippen LogP contribution is -2.35. The van der Waals surface area contributed by atoms with Gasteiger partial charge in [0.25, 0.3) is 0 Å². The number of halogens is 1. The second-order valence-corrected chi connectivity index (χ2v) is 4.83. The van der Waals surface area contributed by atoms with Gasteiger partial charge in [-0.25, -0.2) is 0 Å². The lowest BCUT2D eigenvalue weighted by Gasteiger charge is -2.12. The average molecular weight is 309 g/mol. The standard InChI is InChI=1S/C13H16N6O.ClH/c1-9-16-17-18-19(9)11-5-2-4-10(8-11)15-13(20)12-6-3-7-14-12;/h2,4-5,8,12,14H,3,6-7H2,1H3,(H,15,20);1H/t12-;/m0./s1. The topological polar surface area (TPSA) is 84.7 Å². The number of hydrogen-bond donors (Lipinski definition) is 2. The third-order valence-corrected chi connectivity index (χ3v) is 3.36. The molecule has 1 saturated heterocycles. The van der Waals surface area contributed by atoms with Crippen LogP contribution in [0.15, 0.2) is 24.3 Å². The third kappa shape index (κ3) is 3.37. The molecule has 1 amide bonds. The number of benzene rings is 1. The molecule has 7 nitrogen and oxygen atoms in total. The van der Waals surface area contributed by atoms with Crippen LogP contribution >= 0.6 is 12.4 Å². The first-order valence-electron chi connectivity index (χ1n) is 6.64. The Hall–Kier alpha value is -1.99. The fourth-order valence-corrected chi connectivity index (χ4v) is 2.32. The molecule has 3 rings (SSSR count). The molecule has 2 heterocycles. The summed E-state index contributed by atoms with van der Waals surface area (Å²) < 4.78 is 1.63. The molecule has 21 heavy (non-hydrogen) atoms. The molecule has 0 aliphatic carbocycles. The van der Waals surface area contributed by atoms with Gasteiger partial charge in [-0.15, -0.1) is 17.5 Å². The van der Waals surface area contributed by atoms with Gasteiger partial charge in [-0.3, -0.25) is 4.79 Å². The van der Waals surface area contributed by atoms with E-state index >= 15 is 0 Å². The van der Waals surface area contributed by atoms with Crippen LogP contribution in [-0.2, 0) is 4.79 Å². The Kier molecular flexibility index (Phi) is 4.87. The second kappa shape index (κ2) is 6.64. The first-order valence-corrected chi connectivity index (χ1v) is 6.64. The number of anilines is 1. The molecule has 1 atom stereocenters. The van der Waals surface area contributed by atoms with E-state index < -0.39 is 0 Å². The number of tetrazole rings is 1. The maximum absolute atomic E-state index is 12.1. The molecule has 1 aliphatic heterocycles. The van der Waals surface area contributed by atoms with Gasteiger partial charge in [-0.2, -0.15) is 4.68 Å². The summed E-state index contributed by atoms with van der Waals surface area (Å²) in [7, 11) is 0. The van der Waals surface area contributed by atoms with Crippen molar-refractivity contribution in [3.8, 4) is 5.69 Å². The minimum absolute atomic E-state index is 0. The van der Waals surface area contributed by atoms with Crippen LogP contribution in [0.4, 0.5) is 5.69 Å². The molecule has 1 aromatic carbocycles. The Morgan fingerprint density at radius 2 is 2.33 bits per heavy atom. The highest BCUT2D eigenvalue weighted by atomic mass is 35.5. The predicted octanol–water partition coefficient (Wildman–Crippen LogP) is 1.08. The maximum Gasteiger partial charge on any atom is 0.241 e. The zero-order valence-corrected chi connectivity index (χ0v) is 12.4. The minimum atomic E-state index is -0.0894. The molecule has 0 spiro atoms. The first-order chi connectivity index (χ1) is 9.74. The van der Waals surface area contributed by atoms with E-state index in [1.165, 1.54) is 0 Å². The van der Waals surface area contributed by atoms with Crippen molar-refractivity contribution in [3.63, 3.8) is 0 Å². The molecular weight excluding hydrogens is 292 g/mol. The van der Waals surface area contributed by atoms with Crippen LogP contribution in [0.5, 0.6) is 0 Å². The molecule has 2 aromatic rings. The number of amides is 1. The molecule has 8 heteroatoms. The van der Waals surface area contributed by atoms with Crippen molar-refractivity contribution in [3.05, 3.63) is 30.1 Å². The van der Waals surface area contributed by atoms with Crippen LogP contribution in [0.2, 0.25) is 0 Å². The maximum atomic E-state index is 12.1. The summed E-state index contributed by atoms with van der Waals surface area (Å²) >= 11 is 0. The van der Waals surface area contributed by atoms with E-state index in [4.69, 9.17) is 0 Å². The number of nitrogens with one attached hydrogen (secondary N) is 2. The fraction of sp³-hybridized carbons (Fsp3) is 0.385. The number of hydrogen-bond acceptors (Lipinski definition) is 5. The van der Waals surface area contributed by atoms with Crippen LogP contribution in [0.1, 0.15) is 18.7 Å². The summed E-state index contributed by atoms with van der Waals surface area (Å²) in [6.07, 6.45) is 1.93. The summed E-state index contributed by atoms with van der Waals surface area (Å²) in [6, 6.07) is 7.39. The van der Waals surface area contributed by atoms with E-state index in [9.17, 15) is 4.79 Å². The van der Waals surface area contributed by atoms with Crippen molar-refractivity contribution in [2.45, 2.75) is 25.8 Å². The van der Waals surface area contributed by atoms with Crippen LogP contribution in [0.3, 0.4) is 0 Å². The molecule has 0 bridgehead atoms. The lowest BCUT2D eigenvalue weighted by atomic mass is 10.2. The molecule has 0 saturated carbocycles. The van der Waals surface area contributed by atoms with Crippen LogP contribution in [0, 0.1) is 6.92 Å².